The minimum atomic E-state index is -0.141. The van der Waals surface area contributed by atoms with Gasteiger partial charge >= 0.3 is 0 Å². The molecule has 2 rings (SSSR count). The van der Waals surface area contributed by atoms with Gasteiger partial charge in [0, 0.05) is 36.9 Å². The van der Waals surface area contributed by atoms with E-state index in [9.17, 15) is 4.79 Å². The van der Waals surface area contributed by atoms with Gasteiger partial charge in [-0.05, 0) is 66.1 Å². The fraction of sp³-hybridized carbons (Fsp3) is 0.750. The number of hydrogen-bond donors (Lipinski definition) is 3. The lowest BCUT2D eigenvalue weighted by Gasteiger charge is -2.30. The molecule has 1 aliphatic rings. The van der Waals surface area contributed by atoms with Gasteiger partial charge in [-0.2, -0.15) is 0 Å². The van der Waals surface area contributed by atoms with E-state index in [0.717, 1.165) is 83.0 Å². The van der Waals surface area contributed by atoms with Crippen LogP contribution in [0.25, 0.3) is 0 Å². The van der Waals surface area contributed by atoms with E-state index >= 15 is 0 Å². The maximum Gasteiger partial charge on any atom is 0.220 e. The van der Waals surface area contributed by atoms with Crippen LogP contribution in [0.4, 0.5) is 0 Å². The molecule has 0 aromatic carbocycles. The summed E-state index contributed by atoms with van der Waals surface area (Å²) in [6, 6.07) is 0. The number of nitrogens with zero attached hydrogens (tertiary/aromatic N) is 3. The molecule has 0 atom stereocenters. The molecule has 1 fully saturated rings. The summed E-state index contributed by atoms with van der Waals surface area (Å²) in [5.74, 6) is 0.819. The highest BCUT2D eigenvalue weighted by Gasteiger charge is 2.22. The van der Waals surface area contributed by atoms with Crippen LogP contribution in [0.3, 0.4) is 0 Å². The number of unbranched alkanes of at least 4 members (excludes halogenated alkanes) is 1. The third kappa shape index (κ3) is 9.61. The Labute approximate surface area is 196 Å². The zero-order chi connectivity index (χ0) is 20.4. The summed E-state index contributed by atoms with van der Waals surface area (Å²) < 4.78 is 0. The topological polar surface area (TPSA) is 95.6 Å². The Morgan fingerprint density at radius 2 is 2.00 bits per heavy atom. The predicted octanol–water partition coefficient (Wildman–Crippen LogP) is 2.45. The quantitative estimate of drug-likeness (QED) is 0.185. The van der Waals surface area contributed by atoms with Crippen LogP contribution >= 0.6 is 35.3 Å². The number of likely N-dealkylation sites (tertiary alicyclic amines) is 1. The number of carbonyl (C=O) groups is 1. The molecule has 0 spiro atoms. The first kappa shape index (κ1) is 26.1. The Morgan fingerprint density at radius 3 is 2.59 bits per heavy atom. The zero-order valence-electron chi connectivity index (χ0n) is 18.0. The number of guanidine groups is 1. The number of rotatable bonds is 10. The second-order valence-corrected chi connectivity index (χ2v) is 8.70. The van der Waals surface area contributed by atoms with Crippen molar-refractivity contribution in [2.24, 2.45) is 16.6 Å². The summed E-state index contributed by atoms with van der Waals surface area (Å²) in [5.41, 5.74) is 6.53. The Hall–Kier alpha value is -0.940. The summed E-state index contributed by atoms with van der Waals surface area (Å²) in [6.07, 6.45) is 4.92. The monoisotopic (exact) mass is 536 g/mol. The second kappa shape index (κ2) is 14.1. The van der Waals surface area contributed by atoms with Gasteiger partial charge in [-0.15, -0.1) is 35.3 Å². The van der Waals surface area contributed by atoms with Gasteiger partial charge in [0.1, 0.15) is 0 Å². The van der Waals surface area contributed by atoms with Crippen LogP contribution in [0.15, 0.2) is 4.99 Å². The van der Waals surface area contributed by atoms with Crippen LogP contribution in [0, 0.1) is 19.8 Å². The van der Waals surface area contributed by atoms with Gasteiger partial charge in [0.25, 0.3) is 0 Å². The highest BCUT2D eigenvalue weighted by molar-refractivity contribution is 14.0. The van der Waals surface area contributed by atoms with Gasteiger partial charge < -0.3 is 21.3 Å². The molecule has 7 nitrogen and oxygen atoms in total. The maximum absolute atomic E-state index is 11.2. The van der Waals surface area contributed by atoms with Crippen LogP contribution in [-0.4, -0.2) is 61.0 Å². The van der Waals surface area contributed by atoms with E-state index in [0.29, 0.717) is 0 Å². The average Bonchev–Trinajstić information content (AvgIpc) is 2.99. The SMILES string of the molecule is CCNC(=NCCCCN1CCC(C(N)=O)CC1)NCCc1nc(C)c(C)s1.I. The maximum atomic E-state index is 11.2. The number of thiazole rings is 1. The van der Waals surface area contributed by atoms with E-state index in [4.69, 9.17) is 5.73 Å². The molecule has 29 heavy (non-hydrogen) atoms. The fourth-order valence-corrected chi connectivity index (χ4v) is 4.29. The van der Waals surface area contributed by atoms with Crippen LogP contribution in [0.1, 0.15) is 48.2 Å². The second-order valence-electron chi connectivity index (χ2n) is 7.41. The lowest BCUT2D eigenvalue weighted by molar-refractivity contribution is -0.123. The normalized spacial score (nSPS) is 15.8. The smallest absolute Gasteiger partial charge is 0.220 e. The van der Waals surface area contributed by atoms with Crippen LogP contribution in [0.5, 0.6) is 0 Å². The molecule has 0 radical (unpaired) electrons. The van der Waals surface area contributed by atoms with Gasteiger partial charge in [0.15, 0.2) is 5.96 Å². The molecular formula is C20H37IN6OS. The fourth-order valence-electron chi connectivity index (χ4n) is 3.35. The minimum Gasteiger partial charge on any atom is -0.369 e. The van der Waals surface area contributed by atoms with Gasteiger partial charge in [-0.3, -0.25) is 9.79 Å². The number of primary amides is 1. The first-order chi connectivity index (χ1) is 13.5. The summed E-state index contributed by atoms with van der Waals surface area (Å²) in [4.78, 5) is 24.2. The van der Waals surface area contributed by atoms with Gasteiger partial charge in [-0.25, -0.2) is 4.98 Å². The Kier molecular flexibility index (Phi) is 12.7. The van der Waals surface area contributed by atoms with Crippen molar-refractivity contribution < 1.29 is 4.79 Å². The van der Waals surface area contributed by atoms with Crippen molar-refractivity contribution in [1.29, 1.82) is 0 Å². The number of halogens is 1. The standard InChI is InChI=1S/C20H36N6OS.HI/c1-4-22-20(24-11-7-18-25-15(2)16(3)28-18)23-10-5-6-12-26-13-8-17(9-14-26)19(21)27;/h17H,4-14H2,1-3H3,(H2,21,27)(H2,22,23,24);1H. The van der Waals surface area contributed by atoms with Crippen molar-refractivity contribution in [3.05, 3.63) is 15.6 Å². The first-order valence-electron chi connectivity index (χ1n) is 10.5. The highest BCUT2D eigenvalue weighted by Crippen LogP contribution is 2.17. The molecular weight excluding hydrogens is 499 g/mol. The lowest BCUT2D eigenvalue weighted by Crippen LogP contribution is -2.39. The summed E-state index contributed by atoms with van der Waals surface area (Å²) in [6.45, 7) is 11.8. The number of hydrogen-bond acceptors (Lipinski definition) is 5. The summed E-state index contributed by atoms with van der Waals surface area (Å²) in [5, 5.41) is 7.89. The van der Waals surface area contributed by atoms with Crippen molar-refractivity contribution in [2.45, 2.75) is 52.9 Å². The van der Waals surface area contributed by atoms with Crippen molar-refractivity contribution in [2.75, 3.05) is 39.3 Å². The van der Waals surface area contributed by atoms with Crippen LogP contribution in [0.2, 0.25) is 0 Å². The lowest BCUT2D eigenvalue weighted by atomic mass is 9.96. The third-order valence-electron chi connectivity index (χ3n) is 5.19. The number of nitrogens with one attached hydrogen (secondary N) is 2. The Morgan fingerprint density at radius 1 is 1.28 bits per heavy atom. The molecule has 166 valence electrons. The molecule has 1 aromatic heterocycles. The Bertz CT molecular complexity index is 623. The third-order valence-corrected chi connectivity index (χ3v) is 6.32. The average molecular weight is 537 g/mol. The van der Waals surface area contributed by atoms with Crippen molar-refractivity contribution in [1.82, 2.24) is 20.5 Å². The number of carbonyl (C=O) groups excluding carboxylic acids is 1. The molecule has 0 unspecified atom stereocenters. The van der Waals surface area contributed by atoms with E-state index in [1.54, 1.807) is 11.3 Å². The van der Waals surface area contributed by atoms with Crippen molar-refractivity contribution >= 4 is 47.2 Å². The largest absolute Gasteiger partial charge is 0.369 e. The van der Waals surface area contributed by atoms with Crippen LogP contribution < -0.4 is 16.4 Å². The molecule has 0 saturated carbocycles. The van der Waals surface area contributed by atoms with E-state index < -0.39 is 0 Å². The van der Waals surface area contributed by atoms with Crippen molar-refractivity contribution in [3.8, 4) is 0 Å². The summed E-state index contributed by atoms with van der Waals surface area (Å²) in [7, 11) is 0. The van der Waals surface area contributed by atoms with Crippen molar-refractivity contribution in [3.63, 3.8) is 0 Å². The molecule has 1 amide bonds. The number of aryl methyl sites for hydroxylation is 2. The number of amides is 1. The van der Waals surface area contributed by atoms with Gasteiger partial charge in [-0.1, -0.05) is 0 Å². The molecule has 0 bridgehead atoms. The molecule has 2 heterocycles. The highest BCUT2D eigenvalue weighted by atomic mass is 127. The van der Waals surface area contributed by atoms with E-state index in [-0.39, 0.29) is 35.8 Å². The number of nitrogens with two attached hydrogens (primary N) is 1. The van der Waals surface area contributed by atoms with Crippen LogP contribution in [-0.2, 0) is 11.2 Å². The first-order valence-corrected chi connectivity index (χ1v) is 11.3. The molecule has 1 aliphatic heterocycles. The number of aromatic nitrogens is 1. The molecule has 1 aromatic rings. The number of piperidine rings is 1. The van der Waals surface area contributed by atoms with E-state index in [2.05, 4.69) is 46.3 Å². The number of aliphatic imine (C=N–C) groups is 1. The summed E-state index contributed by atoms with van der Waals surface area (Å²) >= 11 is 1.78. The van der Waals surface area contributed by atoms with E-state index in [1.165, 1.54) is 9.88 Å². The Balaban J connectivity index is 0.00000420. The van der Waals surface area contributed by atoms with Gasteiger partial charge in [0.05, 0.1) is 10.7 Å². The molecule has 1 saturated heterocycles. The predicted molar refractivity (Wildman–Crippen MR) is 132 cm³/mol. The van der Waals surface area contributed by atoms with E-state index in [1.807, 2.05) is 0 Å². The molecule has 0 aliphatic carbocycles. The minimum absolute atomic E-state index is 0. The molecule has 4 N–H and O–H groups in total. The molecule has 9 heteroatoms. The zero-order valence-corrected chi connectivity index (χ0v) is 21.1. The van der Waals surface area contributed by atoms with Gasteiger partial charge in [0.2, 0.25) is 5.91 Å².